The van der Waals surface area contributed by atoms with Gasteiger partial charge in [0.2, 0.25) is 0 Å². The number of likely N-dealkylation sites (tertiary alicyclic amines) is 1. The van der Waals surface area contributed by atoms with E-state index in [1.165, 1.54) is 12.1 Å². The fourth-order valence-corrected chi connectivity index (χ4v) is 3.42. The minimum absolute atomic E-state index is 0.194. The lowest BCUT2D eigenvalue weighted by molar-refractivity contribution is -0.274. The summed E-state index contributed by atoms with van der Waals surface area (Å²) in [7, 11) is -1.46. The molecule has 3 rings (SSSR count). The van der Waals surface area contributed by atoms with Crippen LogP contribution in [-0.4, -0.2) is 41.5 Å². The van der Waals surface area contributed by atoms with Gasteiger partial charge >= 0.3 is 13.5 Å². The molecule has 0 bridgehead atoms. The monoisotopic (exact) mass is 379 g/mol. The minimum Gasteiger partial charge on any atom is -0.423 e. The highest BCUT2D eigenvalue weighted by molar-refractivity contribution is 6.58. The van der Waals surface area contributed by atoms with Crippen molar-refractivity contribution < 1.29 is 28.0 Å². The summed E-state index contributed by atoms with van der Waals surface area (Å²) in [6.45, 7) is 2.58. The van der Waals surface area contributed by atoms with Crippen LogP contribution in [0.25, 0.3) is 0 Å². The number of hydrogen-bond acceptors (Lipinski definition) is 4. The standard InChI is InChI=1S/C19H21BF3NO3/c21-19(22,23)27-18-7-3-15(4-8-18)16-9-11-24(12-10-16)13-14-1-5-17(6-2-14)20(25)26/h1-8,16,25-26H,9-13H2. The second kappa shape index (κ2) is 8.33. The molecule has 1 aliphatic rings. The van der Waals surface area contributed by atoms with Gasteiger partial charge in [-0.15, -0.1) is 13.2 Å². The molecule has 0 amide bonds. The molecule has 1 fully saturated rings. The molecule has 1 saturated heterocycles. The van der Waals surface area contributed by atoms with Crippen LogP contribution in [0, 0.1) is 0 Å². The number of rotatable bonds is 5. The molecule has 8 heteroatoms. The van der Waals surface area contributed by atoms with Crippen molar-refractivity contribution in [3.63, 3.8) is 0 Å². The summed E-state index contributed by atoms with van der Waals surface area (Å²) in [5, 5.41) is 18.3. The molecule has 0 atom stereocenters. The fraction of sp³-hybridized carbons (Fsp3) is 0.368. The maximum atomic E-state index is 12.2. The predicted octanol–water partition coefficient (Wildman–Crippen LogP) is 2.64. The van der Waals surface area contributed by atoms with Crippen LogP contribution in [0.15, 0.2) is 48.5 Å². The fourth-order valence-electron chi connectivity index (χ4n) is 3.42. The van der Waals surface area contributed by atoms with Gasteiger partial charge in [0.05, 0.1) is 0 Å². The topological polar surface area (TPSA) is 52.9 Å². The van der Waals surface area contributed by atoms with Crippen LogP contribution in [0.2, 0.25) is 0 Å². The van der Waals surface area contributed by atoms with Gasteiger partial charge in [-0.2, -0.15) is 0 Å². The summed E-state index contributed by atoms with van der Waals surface area (Å²) in [6, 6.07) is 13.3. The van der Waals surface area contributed by atoms with Gasteiger partial charge in [-0.3, -0.25) is 4.90 Å². The maximum absolute atomic E-state index is 12.2. The van der Waals surface area contributed by atoms with Crippen molar-refractivity contribution in [2.75, 3.05) is 13.1 Å². The molecule has 1 heterocycles. The van der Waals surface area contributed by atoms with E-state index < -0.39 is 13.5 Å². The Balaban J connectivity index is 1.51. The molecule has 0 spiro atoms. The molecule has 2 aromatic rings. The van der Waals surface area contributed by atoms with E-state index in [-0.39, 0.29) is 5.75 Å². The van der Waals surface area contributed by atoms with Gasteiger partial charge in [-0.05, 0) is 60.6 Å². The summed E-state index contributed by atoms with van der Waals surface area (Å²) < 4.78 is 40.6. The Kier molecular flexibility index (Phi) is 6.09. The molecule has 2 N–H and O–H groups in total. The molecule has 0 unspecified atom stereocenters. The van der Waals surface area contributed by atoms with Crippen LogP contribution < -0.4 is 10.2 Å². The second-order valence-electron chi connectivity index (χ2n) is 6.78. The average Bonchev–Trinajstić information content (AvgIpc) is 2.62. The first kappa shape index (κ1) is 19.7. The molecule has 2 aromatic carbocycles. The normalized spacial score (nSPS) is 16.3. The van der Waals surface area contributed by atoms with E-state index in [0.29, 0.717) is 11.4 Å². The van der Waals surface area contributed by atoms with Gasteiger partial charge in [-0.1, -0.05) is 36.4 Å². The quantitative estimate of drug-likeness (QED) is 0.785. The molecule has 0 saturated carbocycles. The molecular formula is C19H21BF3NO3. The second-order valence-corrected chi connectivity index (χ2v) is 6.78. The van der Waals surface area contributed by atoms with Gasteiger partial charge in [0.25, 0.3) is 0 Å². The van der Waals surface area contributed by atoms with E-state index in [0.717, 1.165) is 43.6 Å². The van der Waals surface area contributed by atoms with Crippen molar-refractivity contribution in [2.24, 2.45) is 0 Å². The third-order valence-corrected chi connectivity index (χ3v) is 4.86. The van der Waals surface area contributed by atoms with Crippen LogP contribution in [0.1, 0.15) is 29.9 Å². The third kappa shape index (κ3) is 5.72. The van der Waals surface area contributed by atoms with E-state index in [1.54, 1.807) is 24.3 Å². The zero-order chi connectivity index (χ0) is 19.4. The molecule has 0 radical (unpaired) electrons. The molecule has 4 nitrogen and oxygen atoms in total. The number of nitrogens with zero attached hydrogens (tertiary/aromatic N) is 1. The molecule has 144 valence electrons. The van der Waals surface area contributed by atoms with Gasteiger partial charge < -0.3 is 14.8 Å². The number of halogens is 3. The Morgan fingerprint density at radius 3 is 2.07 bits per heavy atom. The number of piperidine rings is 1. The van der Waals surface area contributed by atoms with Crippen molar-refractivity contribution in [2.45, 2.75) is 31.7 Å². The van der Waals surface area contributed by atoms with Gasteiger partial charge in [-0.25, -0.2) is 0 Å². The van der Waals surface area contributed by atoms with E-state index in [2.05, 4.69) is 9.64 Å². The van der Waals surface area contributed by atoms with E-state index in [4.69, 9.17) is 10.0 Å². The highest BCUT2D eigenvalue weighted by atomic mass is 19.4. The molecule has 0 aliphatic carbocycles. The first-order chi connectivity index (χ1) is 12.8. The number of alkyl halides is 3. The molecule has 27 heavy (non-hydrogen) atoms. The molecular weight excluding hydrogens is 358 g/mol. The van der Waals surface area contributed by atoms with Crippen molar-refractivity contribution >= 4 is 12.6 Å². The van der Waals surface area contributed by atoms with Crippen molar-refractivity contribution in [1.29, 1.82) is 0 Å². The molecule has 0 aromatic heterocycles. The first-order valence-electron chi connectivity index (χ1n) is 8.83. The summed E-state index contributed by atoms with van der Waals surface area (Å²) in [5.74, 6) is 0.133. The molecule has 1 aliphatic heterocycles. The summed E-state index contributed by atoms with van der Waals surface area (Å²) >= 11 is 0. The van der Waals surface area contributed by atoms with Crippen molar-refractivity contribution in [3.8, 4) is 5.75 Å². The SMILES string of the molecule is OB(O)c1ccc(CN2CCC(c3ccc(OC(F)(F)F)cc3)CC2)cc1. The highest BCUT2D eigenvalue weighted by Crippen LogP contribution is 2.31. The van der Waals surface area contributed by atoms with Crippen LogP contribution in [-0.2, 0) is 6.54 Å². The Hall–Kier alpha value is -2.03. The van der Waals surface area contributed by atoms with Crippen molar-refractivity contribution in [3.05, 3.63) is 59.7 Å². The van der Waals surface area contributed by atoms with E-state index in [9.17, 15) is 13.2 Å². The van der Waals surface area contributed by atoms with Crippen LogP contribution in [0.5, 0.6) is 5.75 Å². The lowest BCUT2D eigenvalue weighted by atomic mass is 9.80. The average molecular weight is 379 g/mol. The lowest BCUT2D eigenvalue weighted by Crippen LogP contribution is -2.33. The van der Waals surface area contributed by atoms with Crippen LogP contribution in [0.4, 0.5) is 13.2 Å². The third-order valence-electron chi connectivity index (χ3n) is 4.86. The van der Waals surface area contributed by atoms with E-state index in [1.807, 2.05) is 12.1 Å². The van der Waals surface area contributed by atoms with Crippen LogP contribution >= 0.6 is 0 Å². The number of ether oxygens (including phenoxy) is 1. The summed E-state index contributed by atoms with van der Waals surface area (Å²) in [6.07, 6.45) is -2.79. The number of hydrogen-bond donors (Lipinski definition) is 2. The summed E-state index contributed by atoms with van der Waals surface area (Å²) in [4.78, 5) is 2.32. The highest BCUT2D eigenvalue weighted by Gasteiger charge is 2.31. The Bertz CT molecular complexity index is 727. The lowest BCUT2D eigenvalue weighted by Gasteiger charge is -2.32. The maximum Gasteiger partial charge on any atom is 0.573 e. The van der Waals surface area contributed by atoms with Crippen LogP contribution in [0.3, 0.4) is 0 Å². The first-order valence-corrected chi connectivity index (χ1v) is 8.83. The largest absolute Gasteiger partial charge is 0.573 e. The minimum atomic E-state index is -4.67. The Labute approximate surface area is 156 Å². The Morgan fingerprint density at radius 2 is 1.56 bits per heavy atom. The zero-order valence-electron chi connectivity index (χ0n) is 14.7. The van der Waals surface area contributed by atoms with Gasteiger partial charge in [0.15, 0.2) is 0 Å². The van der Waals surface area contributed by atoms with Crippen molar-refractivity contribution in [1.82, 2.24) is 4.90 Å². The van der Waals surface area contributed by atoms with Gasteiger partial charge in [0.1, 0.15) is 5.75 Å². The number of benzene rings is 2. The van der Waals surface area contributed by atoms with Gasteiger partial charge in [0, 0.05) is 6.54 Å². The smallest absolute Gasteiger partial charge is 0.423 e. The Morgan fingerprint density at radius 1 is 0.963 bits per heavy atom. The van der Waals surface area contributed by atoms with E-state index >= 15 is 0 Å². The zero-order valence-corrected chi connectivity index (χ0v) is 14.7. The summed E-state index contributed by atoms with van der Waals surface area (Å²) in [5.41, 5.74) is 2.60. The predicted molar refractivity (Wildman–Crippen MR) is 96.6 cm³/mol.